The average molecular weight is 297 g/mol. The van der Waals surface area contributed by atoms with Crippen LogP contribution in [0.1, 0.15) is 5.56 Å². The van der Waals surface area contributed by atoms with Gasteiger partial charge in [-0.15, -0.1) is 0 Å². The largest absolute Gasteiger partial charge is 0.490 e. The fourth-order valence-electron chi connectivity index (χ4n) is 2.00. The minimum absolute atomic E-state index is 0.206. The van der Waals surface area contributed by atoms with E-state index in [1.54, 1.807) is 12.1 Å². The summed E-state index contributed by atoms with van der Waals surface area (Å²) < 4.78 is 11.5. The van der Waals surface area contributed by atoms with Gasteiger partial charge in [-0.2, -0.15) is 0 Å². The van der Waals surface area contributed by atoms with Crippen LogP contribution in [-0.4, -0.2) is 17.8 Å². The highest BCUT2D eigenvalue weighted by Crippen LogP contribution is 2.32. The number of hydrogen-bond acceptors (Lipinski definition) is 4. The summed E-state index contributed by atoms with van der Waals surface area (Å²) in [7, 11) is 0. The van der Waals surface area contributed by atoms with Crippen LogP contribution in [-0.2, 0) is 6.42 Å². The van der Waals surface area contributed by atoms with Crippen molar-refractivity contribution in [1.29, 1.82) is 0 Å². The Kier molecular flexibility index (Phi) is 2.45. The molecule has 0 bridgehead atoms. The molecule has 0 radical (unpaired) electrons. The third-order valence-corrected chi connectivity index (χ3v) is 3.26. The molecule has 5 heteroatoms. The molecule has 0 amide bonds. The standard InChI is InChI=1S/C12H9BrO4/c13-6-1-2-10-8(3-6)11-9(12(15)17-10)4-7(14)5-16-11/h1-3,7,14H,4-5H2. The number of ether oxygens (including phenoxy) is 1. The van der Waals surface area contributed by atoms with Gasteiger partial charge in [-0.25, -0.2) is 4.79 Å². The lowest BCUT2D eigenvalue weighted by atomic mass is 10.0. The topological polar surface area (TPSA) is 59.7 Å². The monoisotopic (exact) mass is 296 g/mol. The highest BCUT2D eigenvalue weighted by atomic mass is 79.9. The maximum atomic E-state index is 11.7. The van der Waals surface area contributed by atoms with Crippen molar-refractivity contribution in [3.63, 3.8) is 0 Å². The fourth-order valence-corrected chi connectivity index (χ4v) is 2.36. The second-order valence-electron chi connectivity index (χ2n) is 4.01. The van der Waals surface area contributed by atoms with Crippen LogP contribution in [0.2, 0.25) is 0 Å². The van der Waals surface area contributed by atoms with E-state index in [0.717, 1.165) is 9.86 Å². The average Bonchev–Trinajstić information content (AvgIpc) is 2.30. The molecule has 2 heterocycles. The van der Waals surface area contributed by atoms with Gasteiger partial charge in [0.15, 0.2) is 0 Å². The molecule has 2 aromatic rings. The molecule has 88 valence electrons. The van der Waals surface area contributed by atoms with Crippen LogP contribution in [0.3, 0.4) is 0 Å². The second kappa shape index (κ2) is 3.85. The number of aliphatic hydroxyl groups is 1. The van der Waals surface area contributed by atoms with Crippen molar-refractivity contribution in [2.75, 3.05) is 6.61 Å². The Morgan fingerprint density at radius 2 is 2.24 bits per heavy atom. The minimum Gasteiger partial charge on any atom is -0.490 e. The molecule has 1 aliphatic rings. The number of halogens is 1. The Morgan fingerprint density at radius 3 is 3.06 bits per heavy atom. The minimum atomic E-state index is -0.644. The molecule has 0 fully saturated rings. The zero-order valence-corrected chi connectivity index (χ0v) is 10.4. The van der Waals surface area contributed by atoms with Gasteiger partial charge in [0.2, 0.25) is 0 Å². The van der Waals surface area contributed by atoms with Crippen LogP contribution in [0.25, 0.3) is 11.0 Å². The highest BCUT2D eigenvalue weighted by Gasteiger charge is 2.24. The van der Waals surface area contributed by atoms with Crippen molar-refractivity contribution < 1.29 is 14.3 Å². The summed E-state index contributed by atoms with van der Waals surface area (Å²) >= 11 is 3.37. The Balaban J connectivity index is 2.36. The summed E-state index contributed by atoms with van der Waals surface area (Å²) in [6.07, 6.45) is -0.366. The summed E-state index contributed by atoms with van der Waals surface area (Å²) in [4.78, 5) is 11.7. The smallest absolute Gasteiger partial charge is 0.343 e. The van der Waals surface area contributed by atoms with Crippen LogP contribution >= 0.6 is 15.9 Å². The van der Waals surface area contributed by atoms with Crippen molar-refractivity contribution in [2.24, 2.45) is 0 Å². The zero-order valence-electron chi connectivity index (χ0n) is 8.77. The van der Waals surface area contributed by atoms with Gasteiger partial charge in [0, 0.05) is 10.9 Å². The van der Waals surface area contributed by atoms with E-state index in [2.05, 4.69) is 15.9 Å². The number of hydrogen-bond donors (Lipinski definition) is 1. The molecule has 1 aromatic carbocycles. The Morgan fingerprint density at radius 1 is 1.41 bits per heavy atom. The van der Waals surface area contributed by atoms with Crippen molar-refractivity contribution >= 4 is 26.9 Å². The number of rotatable bonds is 0. The van der Waals surface area contributed by atoms with E-state index in [1.807, 2.05) is 6.07 Å². The molecule has 0 spiro atoms. The van der Waals surface area contributed by atoms with Gasteiger partial charge >= 0.3 is 5.63 Å². The van der Waals surface area contributed by atoms with E-state index in [4.69, 9.17) is 9.15 Å². The molecular formula is C12H9BrO4. The molecule has 1 aliphatic heterocycles. The van der Waals surface area contributed by atoms with E-state index in [0.29, 0.717) is 16.9 Å². The molecule has 1 atom stereocenters. The summed E-state index contributed by atoms with van der Waals surface area (Å²) in [5, 5.41) is 10.2. The predicted molar refractivity (Wildman–Crippen MR) is 65.4 cm³/mol. The van der Waals surface area contributed by atoms with Gasteiger partial charge in [-0.1, -0.05) is 15.9 Å². The first-order valence-corrected chi connectivity index (χ1v) is 6.00. The molecule has 1 N–H and O–H groups in total. The molecule has 0 saturated heterocycles. The van der Waals surface area contributed by atoms with Gasteiger partial charge < -0.3 is 14.3 Å². The SMILES string of the molecule is O=c1oc2ccc(Br)cc2c2c1CC(O)CO2. The Labute approximate surface area is 105 Å². The Bertz CT molecular complexity index is 647. The van der Waals surface area contributed by atoms with Crippen LogP contribution < -0.4 is 10.4 Å². The van der Waals surface area contributed by atoms with Gasteiger partial charge in [-0.3, -0.25) is 0 Å². The number of benzene rings is 1. The first-order valence-electron chi connectivity index (χ1n) is 5.21. The second-order valence-corrected chi connectivity index (χ2v) is 4.92. The van der Waals surface area contributed by atoms with E-state index >= 15 is 0 Å². The van der Waals surface area contributed by atoms with E-state index in [9.17, 15) is 9.90 Å². The lowest BCUT2D eigenvalue weighted by molar-refractivity contribution is 0.0914. The van der Waals surface area contributed by atoms with Gasteiger partial charge in [-0.05, 0) is 18.2 Å². The first kappa shape index (κ1) is 10.8. The molecule has 1 unspecified atom stereocenters. The maximum absolute atomic E-state index is 11.7. The van der Waals surface area contributed by atoms with Crippen LogP contribution in [0.5, 0.6) is 5.75 Å². The molecule has 3 rings (SSSR count). The maximum Gasteiger partial charge on any atom is 0.343 e. The van der Waals surface area contributed by atoms with Crippen LogP contribution in [0, 0.1) is 0 Å². The Hall–Kier alpha value is -1.33. The van der Waals surface area contributed by atoms with Crippen LogP contribution in [0.15, 0.2) is 31.9 Å². The molecule has 0 aliphatic carbocycles. The van der Waals surface area contributed by atoms with E-state index in [1.165, 1.54) is 0 Å². The van der Waals surface area contributed by atoms with Crippen molar-refractivity contribution in [3.8, 4) is 5.75 Å². The molecule has 0 saturated carbocycles. The molecule has 4 nitrogen and oxygen atoms in total. The zero-order chi connectivity index (χ0) is 12.0. The quantitative estimate of drug-likeness (QED) is 0.754. The van der Waals surface area contributed by atoms with Crippen molar-refractivity contribution in [2.45, 2.75) is 12.5 Å². The predicted octanol–water partition coefficient (Wildman–Crippen LogP) is 1.85. The van der Waals surface area contributed by atoms with Crippen molar-refractivity contribution in [1.82, 2.24) is 0 Å². The summed E-state index contributed by atoms with van der Waals surface area (Å²) in [6.45, 7) is 0.206. The number of fused-ring (bicyclic) bond motifs is 3. The van der Waals surface area contributed by atoms with Gasteiger partial charge in [0.25, 0.3) is 0 Å². The lowest BCUT2D eigenvalue weighted by Crippen LogP contribution is -2.29. The number of aliphatic hydroxyl groups excluding tert-OH is 1. The lowest BCUT2D eigenvalue weighted by Gasteiger charge is -2.21. The summed E-state index contributed by atoms with van der Waals surface area (Å²) in [5.41, 5.74) is 0.469. The van der Waals surface area contributed by atoms with Crippen LogP contribution in [0.4, 0.5) is 0 Å². The molecule has 1 aromatic heterocycles. The van der Waals surface area contributed by atoms with Gasteiger partial charge in [0.05, 0.1) is 17.1 Å². The fraction of sp³-hybridized carbons (Fsp3) is 0.250. The molecule has 17 heavy (non-hydrogen) atoms. The molecular weight excluding hydrogens is 288 g/mol. The third kappa shape index (κ3) is 1.75. The first-order chi connectivity index (χ1) is 8.15. The third-order valence-electron chi connectivity index (χ3n) is 2.77. The van der Waals surface area contributed by atoms with E-state index < -0.39 is 11.7 Å². The van der Waals surface area contributed by atoms with Gasteiger partial charge in [0.1, 0.15) is 17.9 Å². The van der Waals surface area contributed by atoms with E-state index in [-0.39, 0.29) is 13.0 Å². The summed E-state index contributed by atoms with van der Waals surface area (Å²) in [6, 6.07) is 5.36. The normalized spacial score (nSPS) is 18.8. The highest BCUT2D eigenvalue weighted by molar-refractivity contribution is 9.10. The van der Waals surface area contributed by atoms with Crippen molar-refractivity contribution in [3.05, 3.63) is 38.7 Å². The summed E-state index contributed by atoms with van der Waals surface area (Å²) in [5.74, 6) is 0.530.